The van der Waals surface area contributed by atoms with Gasteiger partial charge in [0.1, 0.15) is 0 Å². The van der Waals surface area contributed by atoms with Crippen molar-refractivity contribution in [2.75, 3.05) is 7.05 Å². The second-order valence-electron chi connectivity index (χ2n) is 3.15. The van der Waals surface area contributed by atoms with Crippen LogP contribution in [0.25, 0.3) is 0 Å². The Hall–Kier alpha value is -0.820. The predicted molar refractivity (Wildman–Crippen MR) is 53.4 cm³/mol. The van der Waals surface area contributed by atoms with Crippen molar-refractivity contribution in [1.29, 1.82) is 0 Å². The first-order valence-corrected chi connectivity index (χ1v) is 4.14. The highest BCUT2D eigenvalue weighted by molar-refractivity contribution is 5.27. The van der Waals surface area contributed by atoms with E-state index >= 15 is 0 Å². The van der Waals surface area contributed by atoms with Gasteiger partial charge in [0, 0.05) is 12.0 Å². The molecule has 0 heterocycles. The number of nitrogens with one attached hydrogen (secondary N) is 1. The van der Waals surface area contributed by atoms with E-state index in [4.69, 9.17) is 0 Å². The van der Waals surface area contributed by atoms with E-state index in [0.717, 1.165) is 12.0 Å². The molecule has 1 aliphatic rings. The largest absolute Gasteiger partial charge is 0.316 e. The van der Waals surface area contributed by atoms with Gasteiger partial charge in [-0.05, 0) is 19.0 Å². The molecule has 1 fully saturated rings. The van der Waals surface area contributed by atoms with Crippen molar-refractivity contribution in [1.82, 2.24) is 5.32 Å². The van der Waals surface area contributed by atoms with Gasteiger partial charge < -0.3 is 5.32 Å². The fourth-order valence-corrected chi connectivity index (χ4v) is 1.58. The lowest BCUT2D eigenvalue weighted by molar-refractivity contribution is 0.783. The number of likely N-dealkylation sites (N-methyl/N-ethyl adjacent to an activating group) is 1. The summed E-state index contributed by atoms with van der Waals surface area (Å²) >= 11 is 0. The summed E-state index contributed by atoms with van der Waals surface area (Å²) < 4.78 is 0. The van der Waals surface area contributed by atoms with Crippen molar-refractivity contribution < 1.29 is 0 Å². The molecule has 0 radical (unpaired) electrons. The summed E-state index contributed by atoms with van der Waals surface area (Å²) in [4.78, 5) is 0. The van der Waals surface area contributed by atoms with Crippen LogP contribution in [0, 0.1) is 0 Å². The first-order valence-electron chi connectivity index (χ1n) is 4.14. The van der Waals surface area contributed by atoms with Crippen LogP contribution in [0.15, 0.2) is 30.3 Å². The molecule has 1 N–H and O–H groups in total. The molecule has 1 aromatic carbocycles. The lowest BCUT2D eigenvalue weighted by Crippen LogP contribution is -2.09. The molecule has 1 heteroatoms. The monoisotopic (exact) mass is 163 g/mol. The minimum absolute atomic E-state index is 0. The van der Waals surface area contributed by atoms with Gasteiger partial charge in [-0.3, -0.25) is 0 Å². The first kappa shape index (κ1) is 9.27. The number of benzene rings is 1. The number of hydrogen-bond donors (Lipinski definition) is 1. The maximum atomic E-state index is 3.29. The van der Waals surface area contributed by atoms with Gasteiger partial charge >= 0.3 is 0 Å². The van der Waals surface area contributed by atoms with Crippen LogP contribution in [-0.2, 0) is 0 Å². The zero-order valence-electron chi connectivity index (χ0n) is 6.75. The van der Waals surface area contributed by atoms with Crippen molar-refractivity contribution >= 4 is 0 Å². The van der Waals surface area contributed by atoms with Gasteiger partial charge in [-0.15, -0.1) is 0 Å². The highest BCUT2D eigenvalue weighted by Gasteiger charge is 2.36. The highest BCUT2D eigenvalue weighted by Crippen LogP contribution is 2.39. The summed E-state index contributed by atoms with van der Waals surface area (Å²) in [7, 11) is 2.04. The lowest BCUT2D eigenvalue weighted by Gasteiger charge is -1.97. The fourth-order valence-electron chi connectivity index (χ4n) is 1.58. The standard InChI is InChI=1S/C10H13N.CH4/c1-11-10-7-9(10)8-5-3-2-4-6-8;/h2-6,9-11H,7H2,1H3;1H4/t9?,10-;/m0./s1. The molecule has 1 nitrogen and oxygen atoms in total. The van der Waals surface area contributed by atoms with E-state index in [1.54, 1.807) is 0 Å². The Balaban J connectivity index is 0.000000720. The van der Waals surface area contributed by atoms with Crippen molar-refractivity contribution in [2.24, 2.45) is 0 Å². The van der Waals surface area contributed by atoms with Gasteiger partial charge in [-0.25, -0.2) is 0 Å². The molecule has 1 aliphatic carbocycles. The van der Waals surface area contributed by atoms with Crippen LogP contribution >= 0.6 is 0 Å². The summed E-state index contributed by atoms with van der Waals surface area (Å²) in [6.07, 6.45) is 1.31. The third kappa shape index (κ3) is 1.67. The van der Waals surface area contributed by atoms with Crippen molar-refractivity contribution in [3.63, 3.8) is 0 Å². The molecular formula is C11H17N. The van der Waals surface area contributed by atoms with Crippen LogP contribution in [0.4, 0.5) is 0 Å². The molecule has 0 aromatic heterocycles. The highest BCUT2D eigenvalue weighted by atomic mass is 14.9. The molecule has 0 spiro atoms. The van der Waals surface area contributed by atoms with Crippen LogP contribution in [-0.4, -0.2) is 13.1 Å². The second kappa shape index (κ2) is 3.72. The Morgan fingerprint density at radius 1 is 1.25 bits per heavy atom. The Bertz CT molecular complexity index is 230. The van der Waals surface area contributed by atoms with E-state index in [2.05, 4.69) is 35.6 Å². The third-order valence-corrected chi connectivity index (χ3v) is 2.39. The van der Waals surface area contributed by atoms with Crippen molar-refractivity contribution in [2.45, 2.75) is 25.8 Å². The molecule has 1 unspecified atom stereocenters. The van der Waals surface area contributed by atoms with Crippen LogP contribution in [0.2, 0.25) is 0 Å². The van der Waals surface area contributed by atoms with E-state index < -0.39 is 0 Å². The fraction of sp³-hybridized carbons (Fsp3) is 0.455. The molecular weight excluding hydrogens is 146 g/mol. The van der Waals surface area contributed by atoms with E-state index in [1.165, 1.54) is 12.0 Å². The molecule has 0 saturated heterocycles. The second-order valence-corrected chi connectivity index (χ2v) is 3.15. The number of rotatable bonds is 2. The molecule has 2 atom stereocenters. The average molecular weight is 163 g/mol. The summed E-state index contributed by atoms with van der Waals surface area (Å²) in [6, 6.07) is 11.4. The molecule has 0 aliphatic heterocycles. The Kier molecular flexibility index (Phi) is 2.88. The quantitative estimate of drug-likeness (QED) is 0.706. The zero-order valence-corrected chi connectivity index (χ0v) is 6.75. The number of hydrogen-bond acceptors (Lipinski definition) is 1. The molecule has 1 saturated carbocycles. The zero-order chi connectivity index (χ0) is 7.68. The Labute approximate surface area is 74.8 Å². The molecule has 0 amide bonds. The predicted octanol–water partition coefficient (Wildman–Crippen LogP) is 2.40. The van der Waals surface area contributed by atoms with Gasteiger partial charge in [0.05, 0.1) is 0 Å². The van der Waals surface area contributed by atoms with Crippen LogP contribution in [0.5, 0.6) is 0 Å². The average Bonchev–Trinajstić information content (AvgIpc) is 2.85. The van der Waals surface area contributed by atoms with Crippen LogP contribution in [0.1, 0.15) is 25.3 Å². The van der Waals surface area contributed by atoms with Gasteiger partial charge in [-0.2, -0.15) is 0 Å². The molecule has 1 aromatic rings. The minimum Gasteiger partial charge on any atom is -0.316 e. The maximum Gasteiger partial charge on any atom is 0.0140 e. The minimum atomic E-state index is 0. The Morgan fingerprint density at radius 3 is 2.42 bits per heavy atom. The normalized spacial score (nSPS) is 26.1. The van der Waals surface area contributed by atoms with E-state index in [0.29, 0.717) is 0 Å². The van der Waals surface area contributed by atoms with E-state index in [1.807, 2.05) is 7.05 Å². The van der Waals surface area contributed by atoms with Crippen LogP contribution in [0.3, 0.4) is 0 Å². The van der Waals surface area contributed by atoms with Crippen LogP contribution < -0.4 is 5.32 Å². The van der Waals surface area contributed by atoms with Gasteiger partial charge in [0.25, 0.3) is 0 Å². The molecule has 66 valence electrons. The summed E-state index contributed by atoms with van der Waals surface area (Å²) in [5.41, 5.74) is 1.48. The van der Waals surface area contributed by atoms with Gasteiger partial charge in [0.15, 0.2) is 0 Å². The molecule has 2 rings (SSSR count). The molecule has 0 bridgehead atoms. The maximum absolute atomic E-state index is 3.29. The van der Waals surface area contributed by atoms with Gasteiger partial charge in [-0.1, -0.05) is 37.8 Å². The van der Waals surface area contributed by atoms with Crippen molar-refractivity contribution in [3.8, 4) is 0 Å². The summed E-state index contributed by atoms with van der Waals surface area (Å²) in [5.74, 6) is 0.779. The smallest absolute Gasteiger partial charge is 0.0140 e. The summed E-state index contributed by atoms with van der Waals surface area (Å²) in [6.45, 7) is 0. The topological polar surface area (TPSA) is 12.0 Å². The van der Waals surface area contributed by atoms with E-state index in [-0.39, 0.29) is 7.43 Å². The SMILES string of the molecule is C.CN[C@H]1CC1c1ccccc1. The Morgan fingerprint density at radius 2 is 1.92 bits per heavy atom. The van der Waals surface area contributed by atoms with E-state index in [9.17, 15) is 0 Å². The lowest BCUT2D eigenvalue weighted by atomic mass is 10.1. The molecule has 12 heavy (non-hydrogen) atoms. The van der Waals surface area contributed by atoms with Crippen molar-refractivity contribution in [3.05, 3.63) is 35.9 Å². The van der Waals surface area contributed by atoms with Gasteiger partial charge in [0.2, 0.25) is 0 Å². The summed E-state index contributed by atoms with van der Waals surface area (Å²) in [5, 5.41) is 3.29. The third-order valence-electron chi connectivity index (χ3n) is 2.39. The first-order chi connectivity index (χ1) is 5.42.